The first-order valence-electron chi connectivity index (χ1n) is 5.05. The molecule has 0 aliphatic carbocycles. The number of aryl methyl sites for hydroxylation is 1. The van der Waals surface area contributed by atoms with Crippen molar-refractivity contribution >= 4 is 17.4 Å². The van der Waals surface area contributed by atoms with E-state index in [1.165, 1.54) is 23.9 Å². The highest BCUT2D eigenvalue weighted by atomic mass is 32.2. The Labute approximate surface area is 103 Å². The van der Waals surface area contributed by atoms with E-state index < -0.39 is 11.6 Å². The number of halogens is 2. The van der Waals surface area contributed by atoms with Crippen LogP contribution in [0.1, 0.15) is 5.56 Å². The van der Waals surface area contributed by atoms with E-state index in [2.05, 4.69) is 0 Å². The predicted molar refractivity (Wildman–Crippen MR) is 66.1 cm³/mol. The highest BCUT2D eigenvalue weighted by Crippen LogP contribution is 2.34. The molecule has 0 unspecified atom stereocenters. The second kappa shape index (κ2) is 4.75. The van der Waals surface area contributed by atoms with E-state index in [0.29, 0.717) is 10.6 Å². The molecular formula is C13H11F2NS. The van der Waals surface area contributed by atoms with Gasteiger partial charge in [0.05, 0.1) is 0 Å². The van der Waals surface area contributed by atoms with Crippen LogP contribution in [0.2, 0.25) is 0 Å². The van der Waals surface area contributed by atoms with Gasteiger partial charge in [-0.15, -0.1) is 0 Å². The normalized spacial score (nSPS) is 10.5. The molecule has 0 amide bonds. The first kappa shape index (κ1) is 11.9. The molecule has 0 saturated carbocycles. The average molecular weight is 251 g/mol. The van der Waals surface area contributed by atoms with Crippen LogP contribution in [-0.2, 0) is 0 Å². The molecule has 88 valence electrons. The Morgan fingerprint density at radius 2 is 1.71 bits per heavy atom. The first-order valence-corrected chi connectivity index (χ1v) is 5.87. The van der Waals surface area contributed by atoms with Gasteiger partial charge in [0.2, 0.25) is 0 Å². The third-order valence-electron chi connectivity index (χ3n) is 2.28. The summed E-state index contributed by atoms with van der Waals surface area (Å²) in [5, 5.41) is 0. The van der Waals surface area contributed by atoms with Crippen LogP contribution < -0.4 is 5.73 Å². The molecule has 0 bridgehead atoms. The molecule has 0 heterocycles. The summed E-state index contributed by atoms with van der Waals surface area (Å²) >= 11 is 1.19. The summed E-state index contributed by atoms with van der Waals surface area (Å²) in [6, 6.07) is 9.07. The molecule has 2 aromatic carbocycles. The summed E-state index contributed by atoms with van der Waals surface area (Å²) in [5.74, 6) is -1.15. The number of rotatable bonds is 2. The van der Waals surface area contributed by atoms with Crippen molar-refractivity contribution in [2.75, 3.05) is 5.73 Å². The van der Waals surface area contributed by atoms with E-state index in [4.69, 9.17) is 5.73 Å². The third kappa shape index (κ3) is 2.77. The maximum Gasteiger partial charge on any atom is 0.140 e. The highest BCUT2D eigenvalue weighted by molar-refractivity contribution is 7.99. The van der Waals surface area contributed by atoms with Gasteiger partial charge in [-0.1, -0.05) is 17.8 Å². The van der Waals surface area contributed by atoms with E-state index in [1.54, 1.807) is 0 Å². The molecule has 0 aliphatic rings. The Bertz CT molecular complexity index is 506. The number of hydrogen-bond donors (Lipinski definition) is 1. The van der Waals surface area contributed by atoms with Gasteiger partial charge in [-0.05, 0) is 36.8 Å². The van der Waals surface area contributed by atoms with Crippen molar-refractivity contribution in [1.82, 2.24) is 0 Å². The standard InChI is InChI=1S/C13H11F2NS/c1-8-2-4-13(11(16)6-8)17-12-5-3-9(14)7-10(12)15/h2-7H,16H2,1H3. The molecule has 2 aromatic rings. The van der Waals surface area contributed by atoms with Crippen molar-refractivity contribution in [3.05, 3.63) is 53.6 Å². The van der Waals surface area contributed by atoms with Gasteiger partial charge in [0.25, 0.3) is 0 Å². The lowest BCUT2D eigenvalue weighted by molar-refractivity contribution is 0.566. The number of hydrogen-bond acceptors (Lipinski definition) is 2. The fraction of sp³-hybridized carbons (Fsp3) is 0.0769. The Hall–Kier alpha value is -1.55. The predicted octanol–water partition coefficient (Wildman–Crippen LogP) is 4.01. The van der Waals surface area contributed by atoms with Gasteiger partial charge in [0, 0.05) is 21.5 Å². The van der Waals surface area contributed by atoms with Crippen LogP contribution in [-0.4, -0.2) is 0 Å². The van der Waals surface area contributed by atoms with E-state index in [1.807, 2.05) is 25.1 Å². The van der Waals surface area contributed by atoms with Gasteiger partial charge in [-0.25, -0.2) is 8.78 Å². The minimum atomic E-state index is -0.580. The van der Waals surface area contributed by atoms with Crippen LogP contribution in [0.5, 0.6) is 0 Å². The lowest BCUT2D eigenvalue weighted by Crippen LogP contribution is -1.90. The van der Waals surface area contributed by atoms with Gasteiger partial charge >= 0.3 is 0 Å². The molecule has 4 heteroatoms. The first-order chi connectivity index (χ1) is 8.06. The third-order valence-corrected chi connectivity index (χ3v) is 3.42. The zero-order chi connectivity index (χ0) is 12.4. The van der Waals surface area contributed by atoms with Crippen LogP contribution in [0, 0.1) is 18.6 Å². The molecule has 0 fully saturated rings. The SMILES string of the molecule is Cc1ccc(Sc2ccc(F)cc2F)c(N)c1. The summed E-state index contributed by atoms with van der Waals surface area (Å²) in [5.41, 5.74) is 7.48. The van der Waals surface area contributed by atoms with E-state index in [9.17, 15) is 8.78 Å². The highest BCUT2D eigenvalue weighted by Gasteiger charge is 2.07. The molecule has 1 nitrogen and oxygen atoms in total. The topological polar surface area (TPSA) is 26.0 Å². The van der Waals surface area contributed by atoms with E-state index in [0.717, 1.165) is 16.5 Å². The molecule has 0 atom stereocenters. The van der Waals surface area contributed by atoms with Crippen LogP contribution in [0.3, 0.4) is 0 Å². The van der Waals surface area contributed by atoms with Crippen molar-refractivity contribution in [2.45, 2.75) is 16.7 Å². The monoisotopic (exact) mass is 251 g/mol. The summed E-state index contributed by atoms with van der Waals surface area (Å²) in [6.07, 6.45) is 0. The lowest BCUT2D eigenvalue weighted by atomic mass is 10.2. The molecule has 0 saturated heterocycles. The maximum absolute atomic E-state index is 13.4. The number of nitrogen functional groups attached to an aromatic ring is 1. The molecule has 0 spiro atoms. The Balaban J connectivity index is 2.31. The maximum atomic E-state index is 13.4. The summed E-state index contributed by atoms with van der Waals surface area (Å²) in [6.45, 7) is 1.93. The van der Waals surface area contributed by atoms with Crippen molar-refractivity contribution in [3.63, 3.8) is 0 Å². The fourth-order valence-corrected chi connectivity index (χ4v) is 2.28. The quantitative estimate of drug-likeness (QED) is 0.816. The molecule has 0 aliphatic heterocycles. The Morgan fingerprint density at radius 1 is 1.00 bits per heavy atom. The summed E-state index contributed by atoms with van der Waals surface area (Å²) in [4.78, 5) is 1.13. The summed E-state index contributed by atoms with van der Waals surface area (Å²) < 4.78 is 26.2. The largest absolute Gasteiger partial charge is 0.398 e. The van der Waals surface area contributed by atoms with Crippen LogP contribution in [0.15, 0.2) is 46.2 Å². The van der Waals surface area contributed by atoms with Gasteiger partial charge in [-0.3, -0.25) is 0 Å². The molecule has 2 rings (SSSR count). The lowest BCUT2D eigenvalue weighted by Gasteiger charge is -2.07. The molecule has 0 radical (unpaired) electrons. The Kier molecular flexibility index (Phi) is 3.33. The van der Waals surface area contributed by atoms with Crippen LogP contribution in [0.4, 0.5) is 14.5 Å². The van der Waals surface area contributed by atoms with Crippen molar-refractivity contribution < 1.29 is 8.78 Å². The molecule has 0 aromatic heterocycles. The van der Waals surface area contributed by atoms with Gasteiger partial charge in [0.15, 0.2) is 0 Å². The molecule has 2 N–H and O–H groups in total. The average Bonchev–Trinajstić information content (AvgIpc) is 2.25. The van der Waals surface area contributed by atoms with Crippen LogP contribution >= 0.6 is 11.8 Å². The number of nitrogens with two attached hydrogens (primary N) is 1. The molecule has 17 heavy (non-hydrogen) atoms. The second-order valence-electron chi connectivity index (χ2n) is 3.72. The van der Waals surface area contributed by atoms with Gasteiger partial charge in [0.1, 0.15) is 11.6 Å². The Morgan fingerprint density at radius 3 is 2.35 bits per heavy atom. The van der Waals surface area contributed by atoms with Gasteiger partial charge < -0.3 is 5.73 Å². The fourth-order valence-electron chi connectivity index (χ4n) is 1.44. The zero-order valence-corrected chi connectivity index (χ0v) is 10.0. The smallest absolute Gasteiger partial charge is 0.140 e. The minimum Gasteiger partial charge on any atom is -0.398 e. The van der Waals surface area contributed by atoms with Crippen molar-refractivity contribution in [3.8, 4) is 0 Å². The minimum absolute atomic E-state index is 0.363. The number of anilines is 1. The summed E-state index contributed by atoms with van der Waals surface area (Å²) in [7, 11) is 0. The van der Waals surface area contributed by atoms with Crippen molar-refractivity contribution in [2.24, 2.45) is 0 Å². The van der Waals surface area contributed by atoms with Gasteiger partial charge in [-0.2, -0.15) is 0 Å². The van der Waals surface area contributed by atoms with Crippen LogP contribution in [0.25, 0.3) is 0 Å². The molecular weight excluding hydrogens is 240 g/mol. The van der Waals surface area contributed by atoms with Crippen molar-refractivity contribution in [1.29, 1.82) is 0 Å². The zero-order valence-electron chi connectivity index (χ0n) is 9.21. The van der Waals surface area contributed by atoms with E-state index in [-0.39, 0.29) is 0 Å². The van der Waals surface area contributed by atoms with E-state index >= 15 is 0 Å². The second-order valence-corrected chi connectivity index (χ2v) is 4.80. The number of benzene rings is 2.